The zero-order chi connectivity index (χ0) is 21.2. The number of allylic oxidation sites excluding steroid dienone is 1. The number of nitrogens with zero attached hydrogens (tertiary/aromatic N) is 1. The van der Waals surface area contributed by atoms with Gasteiger partial charge in [-0.3, -0.25) is 0 Å². The van der Waals surface area contributed by atoms with Crippen LogP contribution in [-0.2, 0) is 23.8 Å². The molecule has 0 aromatic heterocycles. The molecule has 1 N–H and O–H groups in total. The zero-order valence-electron chi connectivity index (χ0n) is 16.0. The Morgan fingerprint density at radius 2 is 1.86 bits per heavy atom. The molecule has 1 atom stereocenters. The first-order valence-electron chi connectivity index (χ1n) is 8.58. The number of aliphatic hydroxyl groups is 1. The molecular formula is C21H21NO7. The van der Waals surface area contributed by atoms with E-state index in [-0.39, 0.29) is 12.2 Å². The molecular weight excluding hydrogens is 378 g/mol. The van der Waals surface area contributed by atoms with E-state index in [4.69, 9.17) is 9.47 Å². The molecule has 1 aliphatic heterocycles. The monoisotopic (exact) mass is 399 g/mol. The number of hydrogen-bond donors (Lipinski definition) is 1. The van der Waals surface area contributed by atoms with E-state index in [9.17, 15) is 19.5 Å². The maximum atomic E-state index is 12.2. The summed E-state index contributed by atoms with van der Waals surface area (Å²) >= 11 is 0. The van der Waals surface area contributed by atoms with Crippen molar-refractivity contribution in [3.8, 4) is 0 Å². The molecule has 0 fully saturated rings. The van der Waals surface area contributed by atoms with Gasteiger partial charge >= 0.3 is 17.9 Å². The van der Waals surface area contributed by atoms with Crippen LogP contribution in [0, 0.1) is 5.92 Å². The van der Waals surface area contributed by atoms with Gasteiger partial charge in [0.25, 0.3) is 0 Å². The Hall–Kier alpha value is -3.65. The Bertz CT molecular complexity index is 868. The molecule has 0 amide bonds. The van der Waals surface area contributed by atoms with E-state index in [2.05, 4.69) is 4.74 Å². The molecule has 29 heavy (non-hydrogen) atoms. The van der Waals surface area contributed by atoms with Crippen LogP contribution in [0.4, 0.5) is 0 Å². The van der Waals surface area contributed by atoms with Crippen LogP contribution in [0.15, 0.2) is 78.5 Å². The number of esters is 3. The van der Waals surface area contributed by atoms with Gasteiger partial charge in [0.05, 0.1) is 32.0 Å². The van der Waals surface area contributed by atoms with Crippen LogP contribution in [0.2, 0.25) is 0 Å². The topological polar surface area (TPSA) is 102 Å². The van der Waals surface area contributed by atoms with Gasteiger partial charge in [0.1, 0.15) is 6.26 Å². The SMILES string of the molecule is COC(=O)/C=C/N1C=CC(/C(=C\OC(=O)c2ccccc2)C(=O)OC)C(CO)=C1. The first-order chi connectivity index (χ1) is 14.0. The Kier molecular flexibility index (Phi) is 7.93. The van der Waals surface area contributed by atoms with E-state index in [1.165, 1.54) is 31.4 Å². The molecule has 0 bridgehead atoms. The Morgan fingerprint density at radius 1 is 1.14 bits per heavy atom. The summed E-state index contributed by atoms with van der Waals surface area (Å²) in [5.41, 5.74) is 0.781. The number of rotatable bonds is 7. The number of benzene rings is 1. The van der Waals surface area contributed by atoms with Gasteiger partial charge < -0.3 is 24.2 Å². The second-order valence-electron chi connectivity index (χ2n) is 5.80. The highest BCUT2D eigenvalue weighted by Gasteiger charge is 2.26. The van der Waals surface area contributed by atoms with E-state index in [1.54, 1.807) is 48.8 Å². The highest BCUT2D eigenvalue weighted by molar-refractivity contribution is 5.92. The molecule has 0 saturated carbocycles. The van der Waals surface area contributed by atoms with Gasteiger partial charge in [0.2, 0.25) is 0 Å². The number of carbonyl (C=O) groups is 3. The highest BCUT2D eigenvalue weighted by atomic mass is 16.5. The molecule has 8 nitrogen and oxygen atoms in total. The lowest BCUT2D eigenvalue weighted by Gasteiger charge is -2.24. The van der Waals surface area contributed by atoms with Crippen LogP contribution in [-0.4, -0.2) is 48.7 Å². The normalized spacial score (nSPS) is 16.4. The first-order valence-corrected chi connectivity index (χ1v) is 8.58. The molecule has 1 heterocycles. The van der Waals surface area contributed by atoms with Crippen LogP contribution in [0.3, 0.4) is 0 Å². The third-order valence-corrected chi connectivity index (χ3v) is 3.99. The average Bonchev–Trinajstić information content (AvgIpc) is 2.77. The predicted octanol–water partition coefficient (Wildman–Crippen LogP) is 1.91. The quantitative estimate of drug-likeness (QED) is 0.321. The van der Waals surface area contributed by atoms with E-state index in [0.717, 1.165) is 6.26 Å². The van der Waals surface area contributed by atoms with Gasteiger partial charge in [-0.1, -0.05) is 24.3 Å². The number of ether oxygens (including phenoxy) is 3. The maximum Gasteiger partial charge on any atom is 0.342 e. The average molecular weight is 399 g/mol. The van der Waals surface area contributed by atoms with Crippen molar-refractivity contribution in [1.82, 2.24) is 4.90 Å². The van der Waals surface area contributed by atoms with Crippen LogP contribution in [0.5, 0.6) is 0 Å². The Morgan fingerprint density at radius 3 is 2.48 bits per heavy atom. The molecule has 2 rings (SSSR count). The van der Waals surface area contributed by atoms with Crippen LogP contribution >= 0.6 is 0 Å². The molecule has 0 radical (unpaired) electrons. The van der Waals surface area contributed by atoms with Crippen molar-refractivity contribution < 1.29 is 33.7 Å². The fourth-order valence-corrected chi connectivity index (χ4v) is 2.50. The second-order valence-corrected chi connectivity index (χ2v) is 5.80. The first kappa shape index (κ1) is 21.6. The lowest BCUT2D eigenvalue weighted by molar-refractivity contribution is -0.137. The second kappa shape index (κ2) is 10.6. The smallest absolute Gasteiger partial charge is 0.342 e. The van der Waals surface area contributed by atoms with Crippen LogP contribution in [0.1, 0.15) is 10.4 Å². The predicted molar refractivity (Wildman–Crippen MR) is 103 cm³/mol. The van der Waals surface area contributed by atoms with Gasteiger partial charge in [-0.25, -0.2) is 14.4 Å². The minimum absolute atomic E-state index is 0.0323. The molecule has 0 spiro atoms. The standard InChI is InChI=1S/C21H21NO7/c1-27-19(24)9-11-22-10-8-17(16(12-22)13-23)18(21(26)28-2)14-29-20(25)15-6-4-3-5-7-15/h3-12,14,17,23H,13H2,1-2H3/b11-9+,18-14+. The summed E-state index contributed by atoms with van der Waals surface area (Å²) in [4.78, 5) is 37.1. The highest BCUT2D eigenvalue weighted by Crippen LogP contribution is 2.27. The minimum atomic E-state index is -0.710. The lowest BCUT2D eigenvalue weighted by atomic mass is 9.90. The molecule has 1 aromatic carbocycles. The summed E-state index contributed by atoms with van der Waals surface area (Å²) in [7, 11) is 2.46. The summed E-state index contributed by atoms with van der Waals surface area (Å²) in [6, 6.07) is 8.30. The van der Waals surface area contributed by atoms with Crippen LogP contribution < -0.4 is 0 Å². The van der Waals surface area contributed by atoms with E-state index in [1.807, 2.05) is 0 Å². The minimum Gasteiger partial charge on any atom is -0.466 e. The number of hydrogen-bond acceptors (Lipinski definition) is 8. The van der Waals surface area contributed by atoms with Gasteiger partial charge in [-0.05, 0) is 17.7 Å². The molecule has 1 aromatic rings. The van der Waals surface area contributed by atoms with Crippen molar-refractivity contribution in [3.05, 3.63) is 84.1 Å². The molecule has 1 aliphatic rings. The van der Waals surface area contributed by atoms with Crippen LogP contribution in [0.25, 0.3) is 0 Å². The lowest BCUT2D eigenvalue weighted by Crippen LogP contribution is -2.22. The van der Waals surface area contributed by atoms with Gasteiger partial charge in [0.15, 0.2) is 0 Å². The Labute approximate surface area is 168 Å². The third-order valence-electron chi connectivity index (χ3n) is 3.99. The molecule has 0 saturated heterocycles. The number of aliphatic hydroxyl groups excluding tert-OH is 1. The number of carbonyl (C=O) groups excluding carboxylic acids is 3. The van der Waals surface area contributed by atoms with Crippen molar-refractivity contribution in [3.63, 3.8) is 0 Å². The van der Waals surface area contributed by atoms with E-state index < -0.39 is 23.8 Å². The molecule has 1 unspecified atom stereocenters. The fraction of sp³-hybridized carbons (Fsp3) is 0.190. The summed E-state index contributed by atoms with van der Waals surface area (Å²) in [6.45, 7) is -0.376. The molecule has 8 heteroatoms. The summed E-state index contributed by atoms with van der Waals surface area (Å²) in [6.07, 6.45) is 8.39. The Balaban J connectivity index is 2.24. The van der Waals surface area contributed by atoms with Gasteiger partial charge in [-0.2, -0.15) is 0 Å². The van der Waals surface area contributed by atoms with E-state index >= 15 is 0 Å². The van der Waals surface area contributed by atoms with Crippen molar-refractivity contribution >= 4 is 17.9 Å². The van der Waals surface area contributed by atoms with Crippen molar-refractivity contribution in [2.75, 3.05) is 20.8 Å². The largest absolute Gasteiger partial charge is 0.466 e. The van der Waals surface area contributed by atoms with E-state index in [0.29, 0.717) is 11.1 Å². The van der Waals surface area contributed by atoms with Crippen molar-refractivity contribution in [1.29, 1.82) is 0 Å². The summed E-state index contributed by atoms with van der Waals surface area (Å²) in [5.74, 6) is -2.57. The third kappa shape index (κ3) is 5.91. The van der Waals surface area contributed by atoms with Gasteiger partial charge in [-0.15, -0.1) is 0 Å². The molecule has 152 valence electrons. The fourth-order valence-electron chi connectivity index (χ4n) is 2.50. The maximum absolute atomic E-state index is 12.2. The summed E-state index contributed by atoms with van der Waals surface area (Å²) < 4.78 is 14.5. The van der Waals surface area contributed by atoms with Crippen molar-refractivity contribution in [2.24, 2.45) is 5.92 Å². The zero-order valence-corrected chi connectivity index (χ0v) is 16.0. The van der Waals surface area contributed by atoms with Crippen molar-refractivity contribution in [2.45, 2.75) is 0 Å². The summed E-state index contributed by atoms with van der Waals surface area (Å²) in [5, 5.41) is 9.73. The van der Waals surface area contributed by atoms with Gasteiger partial charge in [0, 0.05) is 30.6 Å². The number of methoxy groups -OCH3 is 2. The molecule has 0 aliphatic carbocycles.